The Labute approximate surface area is 127 Å². The molecule has 20 heavy (non-hydrogen) atoms. The van der Waals surface area contributed by atoms with Crippen molar-refractivity contribution >= 4 is 35.1 Å². The number of hydrogen-bond donors (Lipinski definition) is 1. The van der Waals surface area contributed by atoms with Gasteiger partial charge in [0.05, 0.1) is 10.8 Å². The lowest BCUT2D eigenvalue weighted by molar-refractivity contribution is -0.113. The minimum atomic E-state index is -0.0640. The molecule has 0 aromatic carbocycles. The number of carbonyl (C=O) groups is 1. The Morgan fingerprint density at radius 3 is 2.85 bits per heavy atom. The number of rotatable bonds is 6. The van der Waals surface area contributed by atoms with Crippen LogP contribution in [-0.4, -0.2) is 27.4 Å². The van der Waals surface area contributed by atoms with Crippen LogP contribution in [0, 0.1) is 0 Å². The molecule has 2 rings (SSSR count). The number of aromatic nitrogens is 2. The Balaban J connectivity index is 1.66. The van der Waals surface area contributed by atoms with Crippen molar-refractivity contribution in [2.45, 2.75) is 6.42 Å². The summed E-state index contributed by atoms with van der Waals surface area (Å²) in [5.41, 5.74) is 1.04. The van der Waals surface area contributed by atoms with Gasteiger partial charge in [0.2, 0.25) is 5.91 Å². The molecule has 2 heterocycles. The van der Waals surface area contributed by atoms with Gasteiger partial charge in [0, 0.05) is 18.1 Å². The summed E-state index contributed by atoms with van der Waals surface area (Å²) in [4.78, 5) is 19.9. The molecule has 0 unspecified atom stereocenters. The molecule has 0 aliphatic rings. The first-order valence-electron chi connectivity index (χ1n) is 6.13. The van der Waals surface area contributed by atoms with Crippen molar-refractivity contribution in [1.82, 2.24) is 9.97 Å². The van der Waals surface area contributed by atoms with Crippen LogP contribution >= 0.6 is 23.4 Å². The number of nitrogens with zero attached hydrogens (tertiary/aromatic N) is 2. The number of thioether (sulfide) groups is 1. The van der Waals surface area contributed by atoms with E-state index in [-0.39, 0.29) is 5.91 Å². The van der Waals surface area contributed by atoms with Crippen molar-refractivity contribution in [2.75, 3.05) is 16.8 Å². The molecule has 6 heteroatoms. The number of anilines is 1. The van der Waals surface area contributed by atoms with Gasteiger partial charge in [0.15, 0.2) is 0 Å². The third kappa shape index (κ3) is 5.19. The molecule has 0 fully saturated rings. The lowest BCUT2D eigenvalue weighted by Crippen LogP contribution is -2.15. The number of pyridine rings is 2. The van der Waals surface area contributed by atoms with Crippen molar-refractivity contribution < 1.29 is 4.79 Å². The van der Waals surface area contributed by atoms with Crippen molar-refractivity contribution in [3.8, 4) is 0 Å². The van der Waals surface area contributed by atoms with Gasteiger partial charge in [-0.15, -0.1) is 0 Å². The number of halogens is 1. The maximum absolute atomic E-state index is 11.7. The number of amides is 1. The highest BCUT2D eigenvalue weighted by Gasteiger charge is 2.03. The van der Waals surface area contributed by atoms with Gasteiger partial charge in [-0.05, 0) is 36.4 Å². The predicted molar refractivity (Wildman–Crippen MR) is 83.1 cm³/mol. The number of hydrogen-bond acceptors (Lipinski definition) is 4. The monoisotopic (exact) mass is 307 g/mol. The first kappa shape index (κ1) is 14.8. The highest BCUT2D eigenvalue weighted by atomic mass is 35.5. The summed E-state index contributed by atoms with van der Waals surface area (Å²) in [7, 11) is 0. The molecule has 1 N–H and O–H groups in total. The van der Waals surface area contributed by atoms with E-state index in [4.69, 9.17) is 11.6 Å². The summed E-state index contributed by atoms with van der Waals surface area (Å²) < 4.78 is 0. The van der Waals surface area contributed by atoms with Crippen LogP contribution in [0.3, 0.4) is 0 Å². The number of aryl methyl sites for hydroxylation is 1. The Morgan fingerprint density at radius 1 is 1.25 bits per heavy atom. The summed E-state index contributed by atoms with van der Waals surface area (Å²) in [6.07, 6.45) is 4.14. The lowest BCUT2D eigenvalue weighted by Gasteiger charge is -2.04. The fourth-order valence-corrected chi connectivity index (χ4v) is 2.38. The topological polar surface area (TPSA) is 54.9 Å². The second-order valence-corrected chi connectivity index (χ2v) is 5.58. The van der Waals surface area contributed by atoms with Gasteiger partial charge in [-0.3, -0.25) is 9.78 Å². The van der Waals surface area contributed by atoms with Crippen LogP contribution < -0.4 is 5.32 Å². The van der Waals surface area contributed by atoms with Gasteiger partial charge in [-0.1, -0.05) is 17.7 Å². The third-order valence-electron chi connectivity index (χ3n) is 2.46. The Hall–Kier alpha value is -1.59. The van der Waals surface area contributed by atoms with Crippen LogP contribution in [0.25, 0.3) is 0 Å². The Kier molecular flexibility index (Phi) is 5.83. The minimum Gasteiger partial charge on any atom is -0.310 e. The van der Waals surface area contributed by atoms with Crippen molar-refractivity contribution in [2.24, 2.45) is 0 Å². The number of nitrogens with one attached hydrogen (secondary N) is 1. The molecule has 1 amide bonds. The lowest BCUT2D eigenvalue weighted by atomic mass is 10.3. The molecule has 0 aliphatic carbocycles. The summed E-state index contributed by atoms with van der Waals surface area (Å²) >= 11 is 7.30. The van der Waals surface area contributed by atoms with Crippen LogP contribution in [0.1, 0.15) is 5.69 Å². The maximum atomic E-state index is 11.7. The van der Waals surface area contributed by atoms with E-state index in [9.17, 15) is 4.79 Å². The minimum absolute atomic E-state index is 0.0640. The van der Waals surface area contributed by atoms with Gasteiger partial charge in [0.25, 0.3) is 0 Å². The second kappa shape index (κ2) is 7.87. The molecule has 104 valence electrons. The van der Waals surface area contributed by atoms with Crippen molar-refractivity contribution in [1.29, 1.82) is 0 Å². The molecule has 0 atom stereocenters. The van der Waals surface area contributed by atoms with Crippen LogP contribution in [-0.2, 0) is 11.2 Å². The molecular weight excluding hydrogens is 294 g/mol. The molecule has 2 aromatic heterocycles. The normalized spacial score (nSPS) is 10.2. The average Bonchev–Trinajstić information content (AvgIpc) is 2.47. The Morgan fingerprint density at radius 2 is 2.15 bits per heavy atom. The highest BCUT2D eigenvalue weighted by Crippen LogP contribution is 2.10. The van der Waals surface area contributed by atoms with E-state index in [2.05, 4.69) is 15.3 Å². The standard InChI is InChI=1S/C14H14ClN3OS/c15-11-4-5-13(17-9-11)18-14(19)10-20-8-6-12-3-1-2-7-16-12/h1-5,7,9H,6,8,10H2,(H,17,18,19). The molecule has 0 saturated heterocycles. The maximum Gasteiger partial charge on any atom is 0.235 e. The van der Waals surface area contributed by atoms with Crippen LogP contribution in [0.2, 0.25) is 5.02 Å². The Bertz CT molecular complexity index is 548. The van der Waals surface area contributed by atoms with E-state index < -0.39 is 0 Å². The molecule has 0 spiro atoms. The number of carbonyl (C=O) groups excluding carboxylic acids is 1. The fourth-order valence-electron chi connectivity index (χ4n) is 1.52. The molecule has 0 radical (unpaired) electrons. The van der Waals surface area contributed by atoms with E-state index in [0.717, 1.165) is 17.9 Å². The van der Waals surface area contributed by atoms with Crippen molar-refractivity contribution in [3.05, 3.63) is 53.4 Å². The molecular formula is C14H14ClN3OS. The van der Waals surface area contributed by atoms with E-state index in [1.807, 2.05) is 18.2 Å². The van der Waals surface area contributed by atoms with Gasteiger partial charge >= 0.3 is 0 Å². The van der Waals surface area contributed by atoms with Crippen LogP contribution in [0.5, 0.6) is 0 Å². The summed E-state index contributed by atoms with van der Waals surface area (Å²) in [6.45, 7) is 0. The van der Waals surface area contributed by atoms with Gasteiger partial charge < -0.3 is 5.32 Å². The molecule has 2 aromatic rings. The van der Waals surface area contributed by atoms with E-state index in [1.165, 1.54) is 6.20 Å². The second-order valence-electron chi connectivity index (χ2n) is 4.03. The summed E-state index contributed by atoms with van der Waals surface area (Å²) in [5, 5.41) is 3.27. The first-order valence-corrected chi connectivity index (χ1v) is 7.66. The zero-order chi connectivity index (χ0) is 14.2. The molecule has 0 bridgehead atoms. The molecule has 0 aliphatic heterocycles. The van der Waals surface area contributed by atoms with Crippen LogP contribution in [0.4, 0.5) is 5.82 Å². The van der Waals surface area contributed by atoms with E-state index >= 15 is 0 Å². The largest absolute Gasteiger partial charge is 0.310 e. The predicted octanol–water partition coefficient (Wildman–Crippen LogP) is 3.04. The average molecular weight is 308 g/mol. The zero-order valence-electron chi connectivity index (χ0n) is 10.8. The van der Waals surface area contributed by atoms with Crippen LogP contribution in [0.15, 0.2) is 42.7 Å². The molecule has 4 nitrogen and oxygen atoms in total. The van der Waals surface area contributed by atoms with E-state index in [0.29, 0.717) is 16.6 Å². The first-order chi connectivity index (χ1) is 9.74. The van der Waals surface area contributed by atoms with E-state index in [1.54, 1.807) is 30.1 Å². The summed E-state index contributed by atoms with van der Waals surface area (Å²) in [6, 6.07) is 9.21. The fraction of sp³-hybridized carbons (Fsp3) is 0.214. The third-order valence-corrected chi connectivity index (χ3v) is 3.64. The van der Waals surface area contributed by atoms with Crippen molar-refractivity contribution in [3.63, 3.8) is 0 Å². The van der Waals surface area contributed by atoms with Gasteiger partial charge in [-0.2, -0.15) is 11.8 Å². The summed E-state index contributed by atoms with van der Waals surface area (Å²) in [5.74, 6) is 1.71. The molecule has 0 saturated carbocycles. The zero-order valence-corrected chi connectivity index (χ0v) is 12.3. The van der Waals surface area contributed by atoms with Gasteiger partial charge in [-0.25, -0.2) is 4.98 Å². The highest BCUT2D eigenvalue weighted by molar-refractivity contribution is 7.99. The quantitative estimate of drug-likeness (QED) is 0.833. The smallest absolute Gasteiger partial charge is 0.235 e. The van der Waals surface area contributed by atoms with Gasteiger partial charge in [0.1, 0.15) is 5.82 Å². The SMILES string of the molecule is O=C(CSCCc1ccccn1)Nc1ccc(Cl)cn1.